The molecule has 5 nitrogen and oxygen atoms in total. The Bertz CT molecular complexity index is 865. The van der Waals surface area contributed by atoms with Gasteiger partial charge in [-0.05, 0) is 54.8 Å². The zero-order valence-electron chi connectivity index (χ0n) is 12.0. The fourth-order valence-electron chi connectivity index (χ4n) is 9.08. The molecule has 0 saturated heterocycles. The molecule has 3 spiro atoms. The molecule has 9 rings (SSSR count). The van der Waals surface area contributed by atoms with Gasteiger partial charge in [-0.25, -0.2) is 23.5 Å². The van der Waals surface area contributed by atoms with Gasteiger partial charge < -0.3 is 0 Å². The summed E-state index contributed by atoms with van der Waals surface area (Å²) in [6, 6.07) is 0.757. The van der Waals surface area contributed by atoms with Crippen molar-refractivity contribution in [3.63, 3.8) is 0 Å². The second-order valence-corrected chi connectivity index (χ2v) is 9.35. The van der Waals surface area contributed by atoms with Gasteiger partial charge in [0.2, 0.25) is 0 Å². The Hall–Kier alpha value is -1.26. The standard InChI is InChI=1S/C16H17N3O2/c1-17-12(20)18-10-7-6-8(7)11(19(18)13(17)21)16-5-14(2-3-14)4-15(10,16)9(6)16/h6-11H,2-5H2,1H3/t6?,7-,8+,9?,10+,11-,15+,16-. The van der Waals surface area contributed by atoms with Crippen molar-refractivity contribution < 1.29 is 0 Å². The fraction of sp³-hybridized carbons (Fsp3) is 0.875. The molecule has 3 heterocycles. The van der Waals surface area contributed by atoms with Crippen LogP contribution < -0.4 is 11.4 Å². The molecular weight excluding hydrogens is 266 g/mol. The van der Waals surface area contributed by atoms with Crippen molar-refractivity contribution in [2.75, 3.05) is 0 Å². The van der Waals surface area contributed by atoms with Crippen LogP contribution in [0.5, 0.6) is 0 Å². The molecule has 2 aliphatic heterocycles. The summed E-state index contributed by atoms with van der Waals surface area (Å²) in [4.78, 5) is 25.3. The van der Waals surface area contributed by atoms with Crippen LogP contribution in [0.2, 0.25) is 0 Å². The maximum Gasteiger partial charge on any atom is 0.347 e. The quantitative estimate of drug-likeness (QED) is 0.696. The normalized spacial score (nSPS) is 62.9. The molecule has 2 unspecified atom stereocenters. The first kappa shape index (κ1) is 9.70. The summed E-state index contributed by atoms with van der Waals surface area (Å²) in [5, 5.41) is 0. The van der Waals surface area contributed by atoms with E-state index < -0.39 is 0 Å². The molecule has 6 fully saturated rings. The van der Waals surface area contributed by atoms with Crippen molar-refractivity contribution >= 4 is 0 Å². The van der Waals surface area contributed by atoms with Gasteiger partial charge in [-0.2, -0.15) is 0 Å². The van der Waals surface area contributed by atoms with Crippen LogP contribution in [0.15, 0.2) is 9.59 Å². The Labute approximate surface area is 120 Å². The van der Waals surface area contributed by atoms with Crippen LogP contribution in [0, 0.1) is 39.9 Å². The number of nitrogens with zero attached hydrogens (tertiary/aromatic N) is 3. The molecule has 2 bridgehead atoms. The minimum Gasteiger partial charge on any atom is -0.246 e. The van der Waals surface area contributed by atoms with Gasteiger partial charge in [0.1, 0.15) is 0 Å². The van der Waals surface area contributed by atoms with Crippen molar-refractivity contribution in [2.24, 2.45) is 47.0 Å². The molecule has 0 amide bonds. The summed E-state index contributed by atoms with van der Waals surface area (Å²) in [6.45, 7) is 0. The summed E-state index contributed by atoms with van der Waals surface area (Å²) in [6.07, 6.45) is 5.57. The highest BCUT2D eigenvalue weighted by molar-refractivity contribution is 5.52. The first-order valence-electron chi connectivity index (χ1n) is 8.49. The van der Waals surface area contributed by atoms with Gasteiger partial charge in [-0.15, -0.1) is 0 Å². The zero-order chi connectivity index (χ0) is 13.7. The topological polar surface area (TPSA) is 48.9 Å². The third kappa shape index (κ3) is 0.561. The van der Waals surface area contributed by atoms with Crippen molar-refractivity contribution in [3.8, 4) is 0 Å². The largest absolute Gasteiger partial charge is 0.347 e. The average Bonchev–Trinajstić information content (AvgIpc) is 3.34. The van der Waals surface area contributed by atoms with Gasteiger partial charge >= 0.3 is 11.4 Å². The lowest BCUT2D eigenvalue weighted by atomic mass is 9.73. The maximum atomic E-state index is 12.6. The highest BCUT2D eigenvalue weighted by atomic mass is 16.2. The van der Waals surface area contributed by atoms with Gasteiger partial charge in [0.25, 0.3) is 0 Å². The van der Waals surface area contributed by atoms with E-state index in [-0.39, 0.29) is 11.4 Å². The van der Waals surface area contributed by atoms with Gasteiger partial charge in [0, 0.05) is 17.9 Å². The van der Waals surface area contributed by atoms with Crippen LogP contribution in [-0.2, 0) is 7.05 Å². The summed E-state index contributed by atoms with van der Waals surface area (Å²) < 4.78 is 5.21. The van der Waals surface area contributed by atoms with E-state index in [0.717, 1.165) is 23.7 Å². The van der Waals surface area contributed by atoms with Gasteiger partial charge in [0.15, 0.2) is 0 Å². The Morgan fingerprint density at radius 1 is 0.905 bits per heavy atom. The summed E-state index contributed by atoms with van der Waals surface area (Å²) in [5.41, 5.74) is 1.41. The molecule has 21 heavy (non-hydrogen) atoms. The Kier molecular flexibility index (Phi) is 0.943. The van der Waals surface area contributed by atoms with E-state index in [9.17, 15) is 9.59 Å². The number of rotatable bonds is 0. The van der Waals surface area contributed by atoms with E-state index in [2.05, 4.69) is 0 Å². The molecular formula is C16H17N3O2. The van der Waals surface area contributed by atoms with Gasteiger partial charge in [-0.1, -0.05) is 0 Å². The predicted octanol–water partition coefficient (Wildman–Crippen LogP) is 0.510. The summed E-state index contributed by atoms with van der Waals surface area (Å²) >= 11 is 0. The van der Waals surface area contributed by atoms with Crippen LogP contribution in [0.3, 0.4) is 0 Å². The second-order valence-electron chi connectivity index (χ2n) is 9.35. The highest BCUT2D eigenvalue weighted by Crippen LogP contribution is 3.08. The molecule has 0 aromatic carbocycles. The van der Waals surface area contributed by atoms with Crippen LogP contribution in [0.1, 0.15) is 37.8 Å². The molecule has 8 aliphatic rings. The summed E-state index contributed by atoms with van der Waals surface area (Å²) in [7, 11) is 1.65. The molecule has 8 atom stereocenters. The minimum atomic E-state index is -0.0497. The van der Waals surface area contributed by atoms with Gasteiger partial charge in [0.05, 0.1) is 12.1 Å². The van der Waals surface area contributed by atoms with Gasteiger partial charge in [-0.3, -0.25) is 0 Å². The Morgan fingerprint density at radius 3 is 1.90 bits per heavy atom. The second kappa shape index (κ2) is 2.04. The minimum absolute atomic E-state index is 0.0497. The Balaban J connectivity index is 1.55. The highest BCUT2D eigenvalue weighted by Gasteiger charge is 3.05. The van der Waals surface area contributed by atoms with Crippen LogP contribution in [0.25, 0.3) is 0 Å². The van der Waals surface area contributed by atoms with E-state index in [1.807, 2.05) is 9.36 Å². The first-order valence-corrected chi connectivity index (χ1v) is 8.49. The predicted molar refractivity (Wildman–Crippen MR) is 71.7 cm³/mol. The SMILES string of the molecule is Cn1c(=O)n2n(c1=O)[C@@H]1[C@H]3C4C5[C@@]6(CC7(CC7)C[C@@]516)[C@@H]2[C@H]43. The molecule has 1 aromatic heterocycles. The van der Waals surface area contributed by atoms with E-state index in [1.54, 1.807) is 7.05 Å². The molecule has 108 valence electrons. The average molecular weight is 283 g/mol. The van der Waals surface area contributed by atoms with E-state index in [4.69, 9.17) is 0 Å². The third-order valence-electron chi connectivity index (χ3n) is 9.27. The lowest BCUT2D eigenvalue weighted by Crippen LogP contribution is -2.51. The molecule has 5 heteroatoms. The lowest BCUT2D eigenvalue weighted by molar-refractivity contribution is 0.0178. The van der Waals surface area contributed by atoms with Crippen molar-refractivity contribution in [1.29, 1.82) is 0 Å². The lowest BCUT2D eigenvalue weighted by Gasteiger charge is -2.45. The smallest absolute Gasteiger partial charge is 0.246 e. The van der Waals surface area contributed by atoms with Crippen LogP contribution in [0.4, 0.5) is 0 Å². The monoisotopic (exact) mass is 283 g/mol. The van der Waals surface area contributed by atoms with Crippen LogP contribution in [-0.4, -0.2) is 13.9 Å². The molecule has 1 aromatic rings. The number of aromatic nitrogens is 3. The summed E-state index contributed by atoms with van der Waals surface area (Å²) in [5.74, 6) is 3.23. The first-order chi connectivity index (χ1) is 10.1. The number of hydrogen-bond acceptors (Lipinski definition) is 2. The molecule has 6 saturated carbocycles. The molecule has 0 N–H and O–H groups in total. The molecule has 0 radical (unpaired) electrons. The van der Waals surface area contributed by atoms with Crippen molar-refractivity contribution in [2.45, 2.75) is 37.8 Å². The third-order valence-corrected chi connectivity index (χ3v) is 9.27. The molecule has 6 aliphatic carbocycles. The van der Waals surface area contributed by atoms with E-state index in [0.29, 0.717) is 28.3 Å². The zero-order valence-corrected chi connectivity index (χ0v) is 12.0. The van der Waals surface area contributed by atoms with E-state index in [1.165, 1.54) is 30.3 Å². The number of hydrogen-bond donors (Lipinski definition) is 0. The van der Waals surface area contributed by atoms with E-state index >= 15 is 0 Å². The Morgan fingerprint density at radius 2 is 1.43 bits per heavy atom. The van der Waals surface area contributed by atoms with Crippen LogP contribution >= 0.6 is 0 Å². The maximum absolute atomic E-state index is 12.6. The van der Waals surface area contributed by atoms with Crippen molar-refractivity contribution in [3.05, 3.63) is 21.0 Å². The fourth-order valence-corrected chi connectivity index (χ4v) is 9.08. The van der Waals surface area contributed by atoms with Crippen molar-refractivity contribution in [1.82, 2.24) is 13.9 Å².